The molecule has 2 aromatic rings. The third-order valence-electron chi connectivity index (χ3n) is 3.27. The van der Waals surface area contributed by atoms with E-state index in [9.17, 15) is 8.42 Å². The third kappa shape index (κ3) is 2.65. The van der Waals surface area contributed by atoms with Crippen molar-refractivity contribution < 1.29 is 8.42 Å². The van der Waals surface area contributed by atoms with Crippen LogP contribution in [0, 0.1) is 10.7 Å². The second-order valence-corrected chi connectivity index (χ2v) is 8.27. The van der Waals surface area contributed by atoms with Gasteiger partial charge >= 0.3 is 0 Å². The summed E-state index contributed by atoms with van der Waals surface area (Å²) in [6.07, 6.45) is 0.708. The van der Waals surface area contributed by atoms with Crippen molar-refractivity contribution in [3.05, 3.63) is 22.3 Å². The Kier molecular flexibility index (Phi) is 3.32. The summed E-state index contributed by atoms with van der Waals surface area (Å²) in [6, 6.07) is 3.94. The van der Waals surface area contributed by atoms with Crippen LogP contribution in [0.25, 0.3) is 10.7 Å². The molecule has 1 fully saturated rings. The van der Waals surface area contributed by atoms with E-state index in [4.69, 9.17) is 12.2 Å². The van der Waals surface area contributed by atoms with E-state index >= 15 is 0 Å². The fourth-order valence-electron chi connectivity index (χ4n) is 2.36. The van der Waals surface area contributed by atoms with Crippen molar-refractivity contribution in [3.8, 4) is 10.7 Å². The van der Waals surface area contributed by atoms with E-state index in [1.165, 1.54) is 0 Å². The second kappa shape index (κ2) is 4.84. The molecule has 1 atom stereocenters. The number of hydrogen-bond donors (Lipinski definition) is 1. The largest absolute Gasteiger partial charge is 0.299 e. The van der Waals surface area contributed by atoms with Gasteiger partial charge in [-0.1, -0.05) is 6.07 Å². The topological polar surface area (TPSA) is 67.8 Å². The molecule has 1 N–H and O–H groups in total. The van der Waals surface area contributed by atoms with Gasteiger partial charge in [0.15, 0.2) is 20.4 Å². The molecule has 5 nitrogen and oxygen atoms in total. The zero-order valence-electron chi connectivity index (χ0n) is 10.1. The molecule has 1 aliphatic heterocycles. The Hall–Kier alpha value is -0.990. The lowest BCUT2D eigenvalue weighted by Crippen LogP contribution is -2.13. The first kappa shape index (κ1) is 13.0. The normalized spacial score (nSPS) is 21.8. The quantitative estimate of drug-likeness (QED) is 0.881. The lowest BCUT2D eigenvalue weighted by molar-refractivity contribution is 0.489. The molecule has 0 amide bonds. The summed E-state index contributed by atoms with van der Waals surface area (Å²) >= 11 is 6.83. The van der Waals surface area contributed by atoms with Crippen LogP contribution in [0.3, 0.4) is 0 Å². The van der Waals surface area contributed by atoms with Crippen LogP contribution >= 0.6 is 23.6 Å². The number of aromatic amines is 1. The van der Waals surface area contributed by atoms with Gasteiger partial charge in [0, 0.05) is 6.54 Å². The molecule has 0 saturated carbocycles. The van der Waals surface area contributed by atoms with Crippen molar-refractivity contribution in [2.45, 2.75) is 13.0 Å². The number of rotatable bonds is 3. The van der Waals surface area contributed by atoms with Crippen molar-refractivity contribution in [1.82, 2.24) is 14.8 Å². The van der Waals surface area contributed by atoms with Crippen LogP contribution < -0.4 is 0 Å². The number of H-pyrrole nitrogens is 1. The summed E-state index contributed by atoms with van der Waals surface area (Å²) in [6.45, 7) is 0.613. The molecule has 3 heterocycles. The van der Waals surface area contributed by atoms with E-state index in [0.29, 0.717) is 17.7 Å². The average molecular weight is 315 g/mol. The number of aromatic nitrogens is 3. The standard InChI is InChI=1S/C11H13N3O2S3/c15-19(16)5-3-8(7-19)6-14-10(12-13-11(14)17)9-2-1-4-18-9/h1-2,4,8H,3,5-7H2,(H,13,17). The molecule has 1 unspecified atom stereocenters. The van der Waals surface area contributed by atoms with Gasteiger partial charge < -0.3 is 0 Å². The van der Waals surface area contributed by atoms with Gasteiger partial charge in [-0.3, -0.25) is 9.67 Å². The van der Waals surface area contributed by atoms with Gasteiger partial charge in [-0.2, -0.15) is 5.10 Å². The molecule has 19 heavy (non-hydrogen) atoms. The van der Waals surface area contributed by atoms with Gasteiger partial charge in [0.25, 0.3) is 0 Å². The molecule has 0 aliphatic carbocycles. The fourth-order valence-corrected chi connectivity index (χ4v) is 5.13. The first-order valence-corrected chi connectivity index (χ1v) is 9.05. The van der Waals surface area contributed by atoms with Gasteiger partial charge in [0.2, 0.25) is 0 Å². The molecule has 0 radical (unpaired) electrons. The van der Waals surface area contributed by atoms with Gasteiger partial charge in [-0.05, 0) is 36.0 Å². The highest BCUT2D eigenvalue weighted by Gasteiger charge is 2.29. The first-order valence-electron chi connectivity index (χ1n) is 5.95. The minimum atomic E-state index is -2.85. The van der Waals surface area contributed by atoms with E-state index in [0.717, 1.165) is 10.7 Å². The summed E-state index contributed by atoms with van der Waals surface area (Å²) in [5.41, 5.74) is 0. The minimum Gasteiger partial charge on any atom is -0.299 e. The molecule has 102 valence electrons. The molecule has 1 saturated heterocycles. The monoisotopic (exact) mass is 315 g/mol. The Morgan fingerprint density at radius 2 is 2.42 bits per heavy atom. The van der Waals surface area contributed by atoms with Gasteiger partial charge in [0.05, 0.1) is 16.4 Å². The van der Waals surface area contributed by atoms with Crippen molar-refractivity contribution in [2.24, 2.45) is 5.92 Å². The molecule has 0 bridgehead atoms. The van der Waals surface area contributed by atoms with E-state index in [1.807, 2.05) is 22.1 Å². The maximum Gasteiger partial charge on any atom is 0.195 e. The highest BCUT2D eigenvalue weighted by Crippen LogP contribution is 2.26. The fraction of sp³-hybridized carbons (Fsp3) is 0.455. The van der Waals surface area contributed by atoms with Gasteiger partial charge in [-0.25, -0.2) is 8.42 Å². The Labute approximate surface area is 120 Å². The summed E-state index contributed by atoms with van der Waals surface area (Å²) in [7, 11) is -2.85. The molecule has 2 aromatic heterocycles. The van der Waals surface area contributed by atoms with Crippen LogP contribution in [-0.2, 0) is 16.4 Å². The second-order valence-electron chi connectivity index (χ2n) is 4.71. The minimum absolute atomic E-state index is 0.132. The summed E-state index contributed by atoms with van der Waals surface area (Å²) in [5, 5.41) is 9.02. The van der Waals surface area contributed by atoms with Crippen molar-refractivity contribution in [1.29, 1.82) is 0 Å². The molecule has 0 aromatic carbocycles. The number of thiophene rings is 1. The van der Waals surface area contributed by atoms with E-state index in [1.54, 1.807) is 11.3 Å². The predicted octanol–water partition coefficient (Wildman–Crippen LogP) is 2.10. The van der Waals surface area contributed by atoms with Crippen molar-refractivity contribution in [3.63, 3.8) is 0 Å². The Bertz CT molecular complexity index is 728. The van der Waals surface area contributed by atoms with E-state index < -0.39 is 9.84 Å². The Morgan fingerprint density at radius 1 is 1.58 bits per heavy atom. The van der Waals surface area contributed by atoms with Crippen LogP contribution in [0.2, 0.25) is 0 Å². The van der Waals surface area contributed by atoms with Crippen LogP contribution in [0.4, 0.5) is 0 Å². The van der Waals surface area contributed by atoms with E-state index in [2.05, 4.69) is 10.2 Å². The highest BCUT2D eigenvalue weighted by atomic mass is 32.2. The molecular formula is C11H13N3O2S3. The molecule has 0 spiro atoms. The van der Waals surface area contributed by atoms with Crippen molar-refractivity contribution in [2.75, 3.05) is 11.5 Å². The molecule has 8 heteroatoms. The van der Waals surface area contributed by atoms with Crippen LogP contribution in [0.1, 0.15) is 6.42 Å². The summed E-state index contributed by atoms with van der Waals surface area (Å²) in [4.78, 5) is 1.04. The van der Waals surface area contributed by atoms with E-state index in [-0.39, 0.29) is 17.4 Å². The maximum atomic E-state index is 11.5. The lowest BCUT2D eigenvalue weighted by Gasteiger charge is -2.10. The number of nitrogens with one attached hydrogen (secondary N) is 1. The summed E-state index contributed by atoms with van der Waals surface area (Å²) < 4.78 is 25.5. The first-order chi connectivity index (χ1) is 9.05. The zero-order valence-corrected chi connectivity index (χ0v) is 12.5. The molecule has 3 rings (SSSR count). The summed E-state index contributed by atoms with van der Waals surface area (Å²) in [5.74, 6) is 1.47. The Morgan fingerprint density at radius 3 is 3.05 bits per heavy atom. The third-order valence-corrected chi connectivity index (χ3v) is 6.28. The SMILES string of the molecule is O=S1(=O)CCC(Cn2c(-c3cccs3)n[nH]c2=S)C1. The average Bonchev–Trinajstić information content (AvgIpc) is 3.03. The molecular weight excluding hydrogens is 302 g/mol. The van der Waals surface area contributed by atoms with Crippen LogP contribution in [-0.4, -0.2) is 34.7 Å². The molecule has 1 aliphatic rings. The number of nitrogens with zero attached hydrogens (tertiary/aromatic N) is 2. The van der Waals surface area contributed by atoms with Gasteiger partial charge in [-0.15, -0.1) is 11.3 Å². The Balaban J connectivity index is 1.90. The highest BCUT2D eigenvalue weighted by molar-refractivity contribution is 7.91. The van der Waals surface area contributed by atoms with Crippen molar-refractivity contribution >= 4 is 33.4 Å². The zero-order chi connectivity index (χ0) is 13.5. The lowest BCUT2D eigenvalue weighted by atomic mass is 10.1. The van der Waals surface area contributed by atoms with Crippen LogP contribution in [0.5, 0.6) is 0 Å². The smallest absolute Gasteiger partial charge is 0.195 e. The number of hydrogen-bond acceptors (Lipinski definition) is 5. The van der Waals surface area contributed by atoms with Gasteiger partial charge in [0.1, 0.15) is 0 Å². The number of sulfone groups is 1. The van der Waals surface area contributed by atoms with Crippen LogP contribution in [0.15, 0.2) is 17.5 Å². The predicted molar refractivity (Wildman–Crippen MR) is 77.5 cm³/mol. The maximum absolute atomic E-state index is 11.5.